The number of halogens is 2. The molecule has 0 heterocycles. The van der Waals surface area contributed by atoms with E-state index in [9.17, 15) is 18.4 Å². The fraction of sp³-hybridized carbons (Fsp3) is 0.158. The van der Waals surface area contributed by atoms with E-state index in [-0.39, 0.29) is 17.9 Å². The van der Waals surface area contributed by atoms with Crippen molar-refractivity contribution in [2.75, 3.05) is 19.4 Å². The molecule has 0 aliphatic rings. The van der Waals surface area contributed by atoms with E-state index in [2.05, 4.69) is 5.32 Å². The van der Waals surface area contributed by atoms with Crippen LogP contribution in [0.1, 0.15) is 11.1 Å². The molecule has 0 saturated carbocycles. The highest BCUT2D eigenvalue weighted by atomic mass is 19.1. The number of amides is 2. The molecule has 25 heavy (non-hydrogen) atoms. The van der Waals surface area contributed by atoms with E-state index in [1.165, 1.54) is 11.0 Å². The van der Waals surface area contributed by atoms with Crippen LogP contribution in [0.3, 0.4) is 0 Å². The predicted molar refractivity (Wildman–Crippen MR) is 92.9 cm³/mol. The second kappa shape index (κ2) is 8.19. The molecule has 2 aromatic carbocycles. The van der Waals surface area contributed by atoms with E-state index in [4.69, 9.17) is 0 Å². The first-order chi connectivity index (χ1) is 11.9. The number of likely N-dealkylation sites (N-methyl/N-ethyl adjacent to an activating group) is 1. The minimum Gasteiger partial charge on any atom is -0.349 e. The van der Waals surface area contributed by atoms with Crippen molar-refractivity contribution >= 4 is 23.6 Å². The Labute approximate surface area is 144 Å². The molecule has 6 heteroatoms. The molecule has 2 amide bonds. The van der Waals surface area contributed by atoms with Crippen LogP contribution in [0.25, 0.3) is 6.08 Å². The molecule has 0 fully saturated rings. The van der Waals surface area contributed by atoms with E-state index in [0.29, 0.717) is 5.69 Å². The van der Waals surface area contributed by atoms with Gasteiger partial charge in [0.25, 0.3) is 0 Å². The molecule has 130 valence electrons. The summed E-state index contributed by atoms with van der Waals surface area (Å²) >= 11 is 0. The third-order valence-electron chi connectivity index (χ3n) is 3.48. The molecule has 0 aliphatic carbocycles. The Morgan fingerprint density at radius 1 is 1.04 bits per heavy atom. The first-order valence-electron chi connectivity index (χ1n) is 7.59. The van der Waals surface area contributed by atoms with Gasteiger partial charge in [-0.15, -0.1) is 0 Å². The van der Waals surface area contributed by atoms with Crippen molar-refractivity contribution in [3.8, 4) is 0 Å². The Morgan fingerprint density at radius 2 is 1.64 bits per heavy atom. The van der Waals surface area contributed by atoms with E-state index in [0.717, 1.165) is 29.8 Å². The summed E-state index contributed by atoms with van der Waals surface area (Å²) in [6.45, 7) is 0. The number of anilines is 1. The molecule has 0 unspecified atom stereocenters. The molecule has 0 radical (unpaired) electrons. The average molecular weight is 344 g/mol. The molecule has 1 N–H and O–H groups in total. The van der Waals surface area contributed by atoms with E-state index in [1.54, 1.807) is 38.4 Å². The monoisotopic (exact) mass is 344 g/mol. The summed E-state index contributed by atoms with van der Waals surface area (Å²) in [6, 6.07) is 10.3. The van der Waals surface area contributed by atoms with Crippen molar-refractivity contribution in [3.05, 3.63) is 71.3 Å². The predicted octanol–water partition coefficient (Wildman–Crippen LogP) is 3.25. The fourth-order valence-corrected chi connectivity index (χ4v) is 2.05. The molecular weight excluding hydrogens is 326 g/mol. The van der Waals surface area contributed by atoms with Gasteiger partial charge in [0.2, 0.25) is 11.8 Å². The molecule has 0 bridgehead atoms. The van der Waals surface area contributed by atoms with Gasteiger partial charge in [-0.05, 0) is 35.9 Å². The summed E-state index contributed by atoms with van der Waals surface area (Å²) in [6.07, 6.45) is 2.42. The molecule has 0 saturated heterocycles. The molecule has 0 aliphatic heterocycles. The van der Waals surface area contributed by atoms with Crippen molar-refractivity contribution in [2.24, 2.45) is 0 Å². The largest absolute Gasteiger partial charge is 0.349 e. The van der Waals surface area contributed by atoms with Crippen LogP contribution in [0.2, 0.25) is 0 Å². The molecule has 0 aromatic heterocycles. The lowest BCUT2D eigenvalue weighted by Crippen LogP contribution is -2.23. The summed E-state index contributed by atoms with van der Waals surface area (Å²) in [7, 11) is 3.36. The molecule has 2 rings (SSSR count). The number of hydrogen-bond donors (Lipinski definition) is 1. The Balaban J connectivity index is 1.99. The van der Waals surface area contributed by atoms with Crippen LogP contribution in [-0.4, -0.2) is 30.8 Å². The summed E-state index contributed by atoms with van der Waals surface area (Å²) in [5.41, 5.74) is 1.07. The highest BCUT2D eigenvalue weighted by Crippen LogP contribution is 2.14. The highest BCUT2D eigenvalue weighted by Gasteiger charge is 2.07. The topological polar surface area (TPSA) is 49.4 Å². The van der Waals surface area contributed by atoms with Gasteiger partial charge in [-0.25, -0.2) is 8.78 Å². The summed E-state index contributed by atoms with van der Waals surface area (Å²) in [5, 5.41) is 2.59. The number of benzene rings is 2. The standard InChI is InChI=1S/C19H18F2N2O2/c1-23(2)19(25)12-13-6-8-14(9-7-13)22-18(24)11-10-15-16(20)4-3-5-17(15)21/h3-11H,12H2,1-2H3,(H,22,24)/b11-10+. The first-order valence-corrected chi connectivity index (χ1v) is 7.59. The van der Waals surface area contributed by atoms with Crippen LogP contribution < -0.4 is 5.32 Å². The zero-order chi connectivity index (χ0) is 18.4. The average Bonchev–Trinajstić information content (AvgIpc) is 2.56. The van der Waals surface area contributed by atoms with Crippen LogP contribution in [-0.2, 0) is 16.0 Å². The van der Waals surface area contributed by atoms with Crippen molar-refractivity contribution < 1.29 is 18.4 Å². The van der Waals surface area contributed by atoms with Gasteiger partial charge in [0.05, 0.1) is 6.42 Å². The third-order valence-corrected chi connectivity index (χ3v) is 3.48. The van der Waals surface area contributed by atoms with Gasteiger partial charge in [-0.3, -0.25) is 9.59 Å². The van der Waals surface area contributed by atoms with Crippen LogP contribution >= 0.6 is 0 Å². The Bertz CT molecular complexity index is 779. The van der Waals surface area contributed by atoms with Crippen LogP contribution in [0, 0.1) is 11.6 Å². The second-order valence-corrected chi connectivity index (χ2v) is 5.62. The van der Waals surface area contributed by atoms with Crippen LogP contribution in [0.15, 0.2) is 48.5 Å². The maximum Gasteiger partial charge on any atom is 0.248 e. The highest BCUT2D eigenvalue weighted by molar-refractivity contribution is 6.02. The van der Waals surface area contributed by atoms with Crippen LogP contribution in [0.5, 0.6) is 0 Å². The van der Waals surface area contributed by atoms with E-state index in [1.807, 2.05) is 0 Å². The Kier molecular flexibility index (Phi) is 6.00. The maximum absolute atomic E-state index is 13.5. The number of carbonyl (C=O) groups is 2. The Morgan fingerprint density at radius 3 is 2.20 bits per heavy atom. The van der Waals surface area contributed by atoms with Crippen molar-refractivity contribution in [2.45, 2.75) is 6.42 Å². The van der Waals surface area contributed by atoms with Gasteiger partial charge < -0.3 is 10.2 Å². The minimum atomic E-state index is -0.737. The van der Waals surface area contributed by atoms with Gasteiger partial charge >= 0.3 is 0 Å². The van der Waals surface area contributed by atoms with Gasteiger partial charge in [0, 0.05) is 31.4 Å². The van der Waals surface area contributed by atoms with Crippen molar-refractivity contribution in [1.82, 2.24) is 4.90 Å². The SMILES string of the molecule is CN(C)C(=O)Cc1ccc(NC(=O)/C=C/c2c(F)cccc2F)cc1. The lowest BCUT2D eigenvalue weighted by atomic mass is 10.1. The quantitative estimate of drug-likeness (QED) is 0.847. The zero-order valence-corrected chi connectivity index (χ0v) is 13.9. The van der Waals surface area contributed by atoms with E-state index >= 15 is 0 Å². The van der Waals surface area contributed by atoms with Gasteiger partial charge in [0.1, 0.15) is 11.6 Å². The number of rotatable bonds is 5. The third kappa shape index (κ3) is 5.24. The zero-order valence-electron chi connectivity index (χ0n) is 13.9. The minimum absolute atomic E-state index is 0.0216. The smallest absolute Gasteiger partial charge is 0.248 e. The van der Waals surface area contributed by atoms with Gasteiger partial charge in [0.15, 0.2) is 0 Å². The van der Waals surface area contributed by atoms with Crippen molar-refractivity contribution in [3.63, 3.8) is 0 Å². The van der Waals surface area contributed by atoms with Crippen molar-refractivity contribution in [1.29, 1.82) is 0 Å². The lowest BCUT2D eigenvalue weighted by molar-refractivity contribution is -0.128. The number of nitrogens with one attached hydrogen (secondary N) is 1. The summed E-state index contributed by atoms with van der Waals surface area (Å²) < 4.78 is 27.0. The normalized spacial score (nSPS) is 10.7. The van der Waals surface area contributed by atoms with Crippen LogP contribution in [0.4, 0.5) is 14.5 Å². The number of carbonyl (C=O) groups excluding carboxylic acids is 2. The molecule has 4 nitrogen and oxygen atoms in total. The maximum atomic E-state index is 13.5. The van der Waals surface area contributed by atoms with Gasteiger partial charge in [-0.2, -0.15) is 0 Å². The second-order valence-electron chi connectivity index (χ2n) is 5.62. The summed E-state index contributed by atoms with van der Waals surface area (Å²) in [4.78, 5) is 25.0. The lowest BCUT2D eigenvalue weighted by Gasteiger charge is -2.10. The molecule has 2 aromatic rings. The number of nitrogens with zero attached hydrogens (tertiary/aromatic N) is 1. The summed E-state index contributed by atoms with van der Waals surface area (Å²) in [5.74, 6) is -2.01. The van der Waals surface area contributed by atoms with Gasteiger partial charge in [-0.1, -0.05) is 18.2 Å². The Hall–Kier alpha value is -3.02. The first kappa shape index (κ1) is 18.3. The van der Waals surface area contributed by atoms with E-state index < -0.39 is 17.5 Å². The molecule has 0 atom stereocenters. The fourth-order valence-electron chi connectivity index (χ4n) is 2.05. The molecular formula is C19H18F2N2O2. The number of hydrogen-bond acceptors (Lipinski definition) is 2. The molecule has 0 spiro atoms.